The highest BCUT2D eigenvalue weighted by atomic mass is 31.2. The summed E-state index contributed by atoms with van der Waals surface area (Å²) < 4.78 is 54.9. The molecule has 1 aliphatic rings. The van der Waals surface area contributed by atoms with Gasteiger partial charge in [-0.1, -0.05) is 311 Å². The summed E-state index contributed by atoms with van der Waals surface area (Å²) in [5.41, 5.74) is 0. The predicted molar refractivity (Wildman–Crippen MR) is 407 cm³/mol. The highest BCUT2D eigenvalue weighted by Crippen LogP contribution is 2.42. The highest BCUT2D eigenvalue weighted by molar-refractivity contribution is 7.46. The van der Waals surface area contributed by atoms with Crippen molar-refractivity contribution in [3.63, 3.8) is 0 Å². The number of carbonyl (C=O) groups is 7. The largest absolute Gasteiger partial charge is 0.480 e. The zero-order valence-electron chi connectivity index (χ0n) is 65.8. The molecule has 21 nitrogen and oxygen atoms in total. The molecule has 6 N–H and O–H groups in total. The van der Waals surface area contributed by atoms with E-state index in [0.717, 1.165) is 225 Å². The highest BCUT2D eigenvalue weighted by Gasteiger charge is 2.52. The van der Waals surface area contributed by atoms with Gasteiger partial charge in [-0.3, -0.25) is 33.3 Å². The number of ether oxygens (including phenoxy) is 6. The van der Waals surface area contributed by atoms with E-state index in [2.05, 4.69) is 52.2 Å². The van der Waals surface area contributed by atoms with Gasteiger partial charge in [0.1, 0.15) is 36.6 Å². The molecule has 0 radical (unpaired) electrons. The maximum absolute atomic E-state index is 14.8. The lowest BCUT2D eigenvalue weighted by molar-refractivity contribution is -0.272. The van der Waals surface area contributed by atoms with E-state index in [1.54, 1.807) is 0 Å². The van der Waals surface area contributed by atoms with Crippen LogP contribution in [0.3, 0.4) is 0 Å². The maximum Gasteiger partial charge on any atom is 0.470 e. The zero-order valence-corrected chi connectivity index (χ0v) is 66.7. The molecule has 2 amide bonds. The number of nitrogens with one attached hydrogen (secondary N) is 2. The van der Waals surface area contributed by atoms with Crippen LogP contribution in [0.25, 0.3) is 0 Å². The van der Waals surface area contributed by atoms with E-state index in [9.17, 15) is 58.1 Å². The van der Waals surface area contributed by atoms with Gasteiger partial charge in [0, 0.05) is 19.3 Å². The van der Waals surface area contributed by atoms with Gasteiger partial charge in [0.15, 0.2) is 18.4 Å². The molecular formula is C81H151N2O19P. The Morgan fingerprint density at radius 2 is 0.699 bits per heavy atom. The van der Waals surface area contributed by atoms with E-state index < -0.39 is 131 Å². The molecule has 1 heterocycles. The summed E-state index contributed by atoms with van der Waals surface area (Å²) in [6.07, 6.45) is 38.1. The Hall–Kier alpha value is -3.72. The molecule has 1 rings (SSSR count). The van der Waals surface area contributed by atoms with Gasteiger partial charge in [0.25, 0.3) is 0 Å². The number of carboxylic acids is 1. The third-order valence-electron chi connectivity index (χ3n) is 19.7. The van der Waals surface area contributed by atoms with Crippen LogP contribution in [0.2, 0.25) is 0 Å². The average Bonchev–Trinajstić information content (AvgIpc) is 0.781. The number of rotatable bonds is 73. The van der Waals surface area contributed by atoms with Crippen molar-refractivity contribution in [2.75, 3.05) is 13.2 Å². The molecule has 0 bridgehead atoms. The molecule has 0 aromatic rings. The molecule has 0 saturated carbocycles. The number of unbranched alkanes of at least 4 members (excludes halogenated alkanes) is 42. The third kappa shape index (κ3) is 55.4. The van der Waals surface area contributed by atoms with Gasteiger partial charge in [-0.2, -0.15) is 0 Å². The van der Waals surface area contributed by atoms with Gasteiger partial charge < -0.3 is 59.1 Å². The molecule has 103 heavy (non-hydrogen) atoms. The molecular weight excluding hydrogens is 1340 g/mol. The lowest BCUT2D eigenvalue weighted by Crippen LogP contribution is -2.66. The van der Waals surface area contributed by atoms with E-state index in [1.165, 1.54) is 44.9 Å². The second kappa shape index (κ2) is 66.5. The Balaban J connectivity index is 3.85. The topological polar surface area (TPSA) is 306 Å². The van der Waals surface area contributed by atoms with Crippen LogP contribution in [0, 0.1) is 0 Å². The molecule has 0 aromatic carbocycles. The van der Waals surface area contributed by atoms with Crippen LogP contribution in [-0.2, 0) is 71.1 Å². The van der Waals surface area contributed by atoms with Crippen LogP contribution in [-0.4, -0.2) is 130 Å². The summed E-state index contributed by atoms with van der Waals surface area (Å²) >= 11 is 0. The van der Waals surface area contributed by atoms with Crippen molar-refractivity contribution in [1.82, 2.24) is 10.6 Å². The van der Waals surface area contributed by atoms with Crippen molar-refractivity contribution >= 4 is 49.5 Å². The summed E-state index contributed by atoms with van der Waals surface area (Å²) in [6, 6.07) is -3.60. The molecule has 9 atom stereocenters. The van der Waals surface area contributed by atoms with Crippen molar-refractivity contribution in [3.05, 3.63) is 0 Å². The molecule has 0 aliphatic carbocycles. The standard InChI is InChI=1S/C81H151N2O19P/c1-7-13-19-25-31-34-40-43-49-55-66(97-73(87)58-52-46-37-28-22-16-10-4)61-71(85)82-69(80(91)92)65-96-81-77(83-72(86)62-67(56-50-44-41-35-32-26-20-14-8-2)98-74(88)59-53-47-38-29-23-17-11-5)79(78(70(64-84)100-81)102-103(93,94)95)101-76(90)63-68(57-51-45-42-36-33-27-21-15-9-3)99-75(89)60-54-48-39-30-24-18-12-6/h66-70,77-79,81,84H,7-65H2,1-6H3,(H,82,85)(H,83,86)(H,91,92)(H2,93,94,95)/t66-,67-,68-,69+,70?,77?,78-,79?,81-/m1/s1. The quantitative estimate of drug-likeness (QED) is 0.0143. The lowest BCUT2D eigenvalue weighted by atomic mass is 9.95. The first-order valence-electron chi connectivity index (χ1n) is 42.1. The monoisotopic (exact) mass is 1490 g/mol. The first kappa shape index (κ1) is 97.3. The number of aliphatic hydroxyl groups excluding tert-OH is 1. The van der Waals surface area contributed by atoms with Gasteiger partial charge in [-0.25, -0.2) is 9.36 Å². The zero-order chi connectivity index (χ0) is 75.8. The molecule has 22 heteroatoms. The Bertz CT molecular complexity index is 2170. The third-order valence-corrected chi connectivity index (χ3v) is 20.2. The smallest absolute Gasteiger partial charge is 0.470 e. The number of esters is 4. The van der Waals surface area contributed by atoms with Crippen molar-refractivity contribution in [3.8, 4) is 0 Å². The number of aliphatic hydroxyl groups is 1. The summed E-state index contributed by atoms with van der Waals surface area (Å²) in [4.78, 5) is 118. The fraction of sp³-hybridized carbons (Fsp3) is 0.914. The van der Waals surface area contributed by atoms with E-state index in [4.69, 9.17) is 32.9 Å². The van der Waals surface area contributed by atoms with Gasteiger partial charge in [-0.05, 0) is 57.8 Å². The Labute approximate surface area is 624 Å². The SMILES string of the molecule is CCCCCCCCCCC[C@H](CC(=O)NC1C(OC(=O)C[C@@H](CCCCCCCCCCC)OC(=O)CCCCCCCCC)[C@H](OP(=O)(O)O)C(CO)O[C@H]1OC[C@H](NC(=O)C[C@@H](CCCCCCCCCCC)OC(=O)CCCCCCCCC)C(=O)O)OC(=O)CCCCCCCCC. The Morgan fingerprint density at radius 1 is 0.398 bits per heavy atom. The van der Waals surface area contributed by atoms with Gasteiger partial charge in [0.05, 0.1) is 32.5 Å². The molecule has 604 valence electrons. The maximum atomic E-state index is 14.8. The summed E-state index contributed by atoms with van der Waals surface area (Å²) in [5.74, 6) is -5.54. The van der Waals surface area contributed by atoms with Crippen molar-refractivity contribution in [2.24, 2.45) is 0 Å². The fourth-order valence-corrected chi connectivity index (χ4v) is 14.1. The Kier molecular flexibility index (Phi) is 62.8. The predicted octanol–water partition coefficient (Wildman–Crippen LogP) is 19.3. The number of hydrogen-bond acceptors (Lipinski definition) is 16. The average molecular weight is 1490 g/mol. The minimum Gasteiger partial charge on any atom is -0.480 e. The molecule has 1 aliphatic heterocycles. The van der Waals surface area contributed by atoms with Crippen LogP contribution >= 0.6 is 7.82 Å². The molecule has 1 saturated heterocycles. The number of hydrogen-bond donors (Lipinski definition) is 6. The van der Waals surface area contributed by atoms with E-state index in [-0.39, 0.29) is 32.1 Å². The normalized spacial score (nSPS) is 17.3. The van der Waals surface area contributed by atoms with Crippen molar-refractivity contribution in [1.29, 1.82) is 0 Å². The number of phosphoric acid groups is 1. The number of carboxylic acid groups (broad SMARTS) is 1. The fourth-order valence-electron chi connectivity index (χ4n) is 13.5. The van der Waals surface area contributed by atoms with Crippen LogP contribution in [0.4, 0.5) is 0 Å². The number of aliphatic carboxylic acids is 1. The number of phosphoric ester groups is 1. The lowest BCUT2D eigenvalue weighted by Gasteiger charge is -2.45. The first-order valence-corrected chi connectivity index (χ1v) is 43.6. The minimum absolute atomic E-state index is 0.125. The van der Waals surface area contributed by atoms with Crippen LogP contribution in [0.1, 0.15) is 408 Å². The number of carbonyl (C=O) groups excluding carboxylic acids is 6. The van der Waals surface area contributed by atoms with Gasteiger partial charge in [0.2, 0.25) is 11.8 Å². The molecule has 0 aromatic heterocycles. The van der Waals surface area contributed by atoms with E-state index in [0.29, 0.717) is 51.4 Å². The van der Waals surface area contributed by atoms with E-state index >= 15 is 0 Å². The van der Waals surface area contributed by atoms with Gasteiger partial charge >= 0.3 is 37.7 Å². The summed E-state index contributed by atoms with van der Waals surface area (Å²) in [5, 5.41) is 26.9. The summed E-state index contributed by atoms with van der Waals surface area (Å²) in [7, 11) is -5.56. The van der Waals surface area contributed by atoms with Crippen LogP contribution < -0.4 is 10.6 Å². The van der Waals surface area contributed by atoms with Crippen molar-refractivity contribution in [2.45, 2.75) is 463 Å². The van der Waals surface area contributed by atoms with Crippen LogP contribution in [0.5, 0.6) is 0 Å². The molecule has 1 fully saturated rings. The first-order chi connectivity index (χ1) is 49.8. The summed E-state index contributed by atoms with van der Waals surface area (Å²) in [6.45, 7) is 11.1. The molecule has 0 spiro atoms. The number of amides is 2. The van der Waals surface area contributed by atoms with Crippen molar-refractivity contribution < 1.29 is 91.1 Å². The second-order valence-electron chi connectivity index (χ2n) is 29.5. The van der Waals surface area contributed by atoms with Gasteiger partial charge in [-0.15, -0.1) is 0 Å². The van der Waals surface area contributed by atoms with Crippen LogP contribution in [0.15, 0.2) is 0 Å². The Morgan fingerprint density at radius 3 is 1.01 bits per heavy atom. The second-order valence-corrected chi connectivity index (χ2v) is 30.7. The van der Waals surface area contributed by atoms with E-state index in [1.807, 2.05) is 0 Å². The minimum atomic E-state index is -5.56. The molecule has 3 unspecified atom stereocenters.